The number of likely N-dealkylation sites (N-methyl/N-ethyl adjacent to an activating group) is 1. The number of hydrogen-bond donors (Lipinski definition) is 0. The number of fused-ring (bicyclic) bond motifs is 2. The first kappa shape index (κ1) is 21.7. The van der Waals surface area contributed by atoms with E-state index in [4.69, 9.17) is 13.9 Å². The molecule has 0 N–H and O–H groups in total. The lowest BCUT2D eigenvalue weighted by Gasteiger charge is -2.19. The van der Waals surface area contributed by atoms with Crippen LogP contribution in [0, 0.1) is 0 Å². The fraction of sp³-hybridized carbons (Fsp3) is 0.143. The van der Waals surface area contributed by atoms with Crippen LogP contribution in [0.4, 0.5) is 0 Å². The van der Waals surface area contributed by atoms with E-state index in [1.165, 1.54) is 0 Å². The number of ketones is 1. The van der Waals surface area contributed by atoms with Gasteiger partial charge in [-0.2, -0.15) is 0 Å². The minimum absolute atomic E-state index is 0.238. The number of nitrogens with zero attached hydrogens (tertiary/aromatic N) is 1. The van der Waals surface area contributed by atoms with Crippen LogP contribution >= 0.6 is 0 Å². The first-order chi connectivity index (χ1) is 16.5. The molecule has 0 radical (unpaired) electrons. The average Bonchev–Trinajstić information content (AvgIpc) is 3.24. The molecule has 1 aromatic heterocycles. The highest BCUT2D eigenvalue weighted by Crippen LogP contribution is 2.40. The Morgan fingerprint density at radius 3 is 2.53 bits per heavy atom. The molecular formula is C28H23NO5. The second kappa shape index (κ2) is 9.00. The van der Waals surface area contributed by atoms with Crippen LogP contribution in [0.15, 0.2) is 83.5 Å². The predicted molar refractivity (Wildman–Crippen MR) is 129 cm³/mol. The Bertz CT molecular complexity index is 1380. The maximum atomic E-state index is 13.6. The minimum Gasteiger partial charge on any atom is -0.468 e. The summed E-state index contributed by atoms with van der Waals surface area (Å²) in [5.41, 5.74) is 3.75. The third-order valence-electron chi connectivity index (χ3n) is 5.77. The molecule has 0 saturated heterocycles. The van der Waals surface area contributed by atoms with E-state index < -0.39 is 6.23 Å². The van der Waals surface area contributed by atoms with Crippen molar-refractivity contribution in [2.75, 3.05) is 14.1 Å². The molecule has 5 rings (SSSR count). The highest BCUT2D eigenvalue weighted by Gasteiger charge is 2.25. The lowest BCUT2D eigenvalue weighted by atomic mass is 9.96. The van der Waals surface area contributed by atoms with Gasteiger partial charge in [0, 0.05) is 22.6 Å². The molecule has 0 bridgehead atoms. The second-order valence-electron chi connectivity index (χ2n) is 8.28. The predicted octanol–water partition coefficient (Wildman–Crippen LogP) is 5.24. The van der Waals surface area contributed by atoms with Crippen molar-refractivity contribution >= 4 is 23.0 Å². The smallest absolute Gasteiger partial charge is 0.228 e. The van der Waals surface area contributed by atoms with Gasteiger partial charge in [0.05, 0.1) is 6.26 Å². The third kappa shape index (κ3) is 4.00. The van der Waals surface area contributed by atoms with Gasteiger partial charge in [0.1, 0.15) is 17.1 Å². The molecule has 4 aromatic rings. The van der Waals surface area contributed by atoms with Crippen molar-refractivity contribution in [2.24, 2.45) is 0 Å². The summed E-state index contributed by atoms with van der Waals surface area (Å²) in [5, 5.41) is 0.868. The van der Waals surface area contributed by atoms with E-state index in [1.54, 1.807) is 49.5 Å². The zero-order valence-electron chi connectivity index (χ0n) is 18.9. The summed E-state index contributed by atoms with van der Waals surface area (Å²) in [6.07, 6.45) is 4.39. The van der Waals surface area contributed by atoms with Crippen LogP contribution in [0.3, 0.4) is 0 Å². The molecule has 0 spiro atoms. The number of hydrogen-bond acceptors (Lipinski definition) is 6. The molecule has 170 valence electrons. The van der Waals surface area contributed by atoms with E-state index in [2.05, 4.69) is 0 Å². The summed E-state index contributed by atoms with van der Waals surface area (Å²) in [7, 11) is 3.51. The zero-order valence-corrected chi connectivity index (χ0v) is 18.9. The van der Waals surface area contributed by atoms with Crippen LogP contribution in [0.2, 0.25) is 0 Å². The van der Waals surface area contributed by atoms with Gasteiger partial charge >= 0.3 is 0 Å². The number of carbonyl (C=O) groups is 2. The minimum atomic E-state index is -0.704. The lowest BCUT2D eigenvalue weighted by molar-refractivity contribution is -0.119. The molecule has 0 amide bonds. The van der Waals surface area contributed by atoms with Crippen LogP contribution in [-0.2, 0) is 11.2 Å². The number of rotatable bonds is 7. The fourth-order valence-electron chi connectivity index (χ4n) is 4.00. The van der Waals surface area contributed by atoms with E-state index in [1.807, 2.05) is 48.5 Å². The lowest BCUT2D eigenvalue weighted by Crippen LogP contribution is -2.34. The van der Waals surface area contributed by atoms with Crippen LogP contribution in [0.5, 0.6) is 11.5 Å². The molecule has 0 saturated carbocycles. The van der Waals surface area contributed by atoms with Crippen LogP contribution in [-0.4, -0.2) is 37.3 Å². The number of ether oxygens (including phenoxy) is 2. The van der Waals surface area contributed by atoms with Crippen molar-refractivity contribution in [1.29, 1.82) is 0 Å². The molecule has 3 aromatic carbocycles. The molecule has 2 heterocycles. The summed E-state index contributed by atoms with van der Waals surface area (Å²) in [6, 6.07) is 20.3. The summed E-state index contributed by atoms with van der Waals surface area (Å²) >= 11 is 0. The van der Waals surface area contributed by atoms with Gasteiger partial charge in [0.25, 0.3) is 0 Å². The Balaban J connectivity index is 1.56. The van der Waals surface area contributed by atoms with Crippen molar-refractivity contribution in [2.45, 2.75) is 12.6 Å². The molecule has 0 aliphatic carbocycles. The Labute approximate surface area is 197 Å². The maximum absolute atomic E-state index is 13.6. The van der Waals surface area contributed by atoms with Crippen LogP contribution in [0.25, 0.3) is 22.1 Å². The zero-order chi connectivity index (χ0) is 23.7. The molecule has 0 fully saturated rings. The van der Waals surface area contributed by atoms with E-state index in [0.717, 1.165) is 40.5 Å². The Morgan fingerprint density at radius 1 is 1.06 bits per heavy atom. The van der Waals surface area contributed by atoms with E-state index in [-0.39, 0.29) is 11.5 Å². The molecule has 34 heavy (non-hydrogen) atoms. The van der Waals surface area contributed by atoms with Gasteiger partial charge < -0.3 is 13.9 Å². The number of allylic oxidation sites excluding steroid dienone is 1. The summed E-state index contributed by atoms with van der Waals surface area (Å²) in [4.78, 5) is 26.5. The quantitative estimate of drug-likeness (QED) is 0.216. The molecule has 1 aliphatic heterocycles. The highest BCUT2D eigenvalue weighted by molar-refractivity contribution is 6.16. The fourth-order valence-corrected chi connectivity index (χ4v) is 4.00. The summed E-state index contributed by atoms with van der Waals surface area (Å²) in [6.45, 7) is 0. The van der Waals surface area contributed by atoms with Crippen molar-refractivity contribution < 1.29 is 23.5 Å². The van der Waals surface area contributed by atoms with Crippen LogP contribution < -0.4 is 9.47 Å². The van der Waals surface area contributed by atoms with Gasteiger partial charge in [-0.15, -0.1) is 0 Å². The Morgan fingerprint density at radius 2 is 1.82 bits per heavy atom. The normalized spacial score (nSPS) is 13.4. The summed E-state index contributed by atoms with van der Waals surface area (Å²) < 4.78 is 17.4. The van der Waals surface area contributed by atoms with Gasteiger partial charge in [0.2, 0.25) is 12.0 Å². The largest absolute Gasteiger partial charge is 0.468 e. The molecule has 6 heteroatoms. The number of carbonyl (C=O) groups excluding carboxylic acids is 2. The molecule has 1 atom stereocenters. The van der Waals surface area contributed by atoms with Gasteiger partial charge in [-0.25, -0.2) is 0 Å². The second-order valence-corrected chi connectivity index (χ2v) is 8.28. The van der Waals surface area contributed by atoms with E-state index in [9.17, 15) is 9.59 Å². The first-order valence-corrected chi connectivity index (χ1v) is 10.9. The van der Waals surface area contributed by atoms with Crippen molar-refractivity contribution in [3.8, 4) is 22.6 Å². The maximum Gasteiger partial charge on any atom is 0.228 e. The van der Waals surface area contributed by atoms with Gasteiger partial charge in [0.15, 0.2) is 12.0 Å². The molecular weight excluding hydrogens is 430 g/mol. The van der Waals surface area contributed by atoms with Crippen molar-refractivity contribution in [1.82, 2.24) is 4.90 Å². The van der Waals surface area contributed by atoms with Gasteiger partial charge in [-0.1, -0.05) is 30.3 Å². The number of aldehydes is 1. The van der Waals surface area contributed by atoms with Crippen LogP contribution in [0.1, 0.15) is 21.7 Å². The SMILES string of the molecule is CN(C)C(C=O)Oc1ccc(C(=O)c2oc3cc4c(cc3c2-c2ccccc2)CC=CO4)cc1. The Kier molecular flexibility index (Phi) is 5.74. The average molecular weight is 453 g/mol. The monoisotopic (exact) mass is 453 g/mol. The number of benzene rings is 3. The van der Waals surface area contributed by atoms with E-state index in [0.29, 0.717) is 16.9 Å². The molecule has 6 nitrogen and oxygen atoms in total. The van der Waals surface area contributed by atoms with Crippen molar-refractivity contribution in [3.05, 3.63) is 96.0 Å². The first-order valence-electron chi connectivity index (χ1n) is 10.9. The molecule has 1 aliphatic rings. The van der Waals surface area contributed by atoms with Gasteiger partial charge in [-0.05, 0) is 68.1 Å². The third-order valence-corrected chi connectivity index (χ3v) is 5.77. The van der Waals surface area contributed by atoms with Crippen molar-refractivity contribution in [3.63, 3.8) is 0 Å². The standard InChI is InChI=1S/C28H23NO5/c1-29(2)25(17-30)33-21-12-10-19(11-13-21)27(31)28-26(18-7-4-3-5-8-18)22-15-20-9-6-14-32-23(20)16-24(22)34-28/h3-8,10-17,25H,9H2,1-2H3. The topological polar surface area (TPSA) is 69.0 Å². The summed E-state index contributed by atoms with van der Waals surface area (Å²) in [5.74, 6) is 1.25. The Hall–Kier alpha value is -4.16. The number of furan rings is 1. The van der Waals surface area contributed by atoms with Gasteiger partial charge in [-0.3, -0.25) is 14.5 Å². The molecule has 1 unspecified atom stereocenters. The highest BCUT2D eigenvalue weighted by atomic mass is 16.5. The van der Waals surface area contributed by atoms with E-state index >= 15 is 0 Å².